The molecule has 0 radical (unpaired) electrons. The fraction of sp³-hybridized carbons (Fsp3) is 0.487. The van der Waals surface area contributed by atoms with E-state index in [1.165, 1.54) is 0 Å². The number of rotatable bonds is 9. The van der Waals surface area contributed by atoms with Crippen molar-refractivity contribution in [1.82, 2.24) is 29.7 Å². The van der Waals surface area contributed by atoms with Crippen LogP contribution in [0, 0.1) is 41.4 Å². The van der Waals surface area contributed by atoms with Gasteiger partial charge in [-0.15, -0.1) is 0 Å². The summed E-state index contributed by atoms with van der Waals surface area (Å²) in [5.41, 5.74) is 6.44. The number of hydrogen-bond acceptors (Lipinski definition) is 4. The Morgan fingerprint density at radius 2 is 1.19 bits per heavy atom. The van der Waals surface area contributed by atoms with Crippen LogP contribution in [0.1, 0.15) is 77.6 Å². The molecule has 2 bridgehead atoms. The first-order chi connectivity index (χ1) is 22.7. The van der Waals surface area contributed by atoms with E-state index in [0.29, 0.717) is 66.4 Å². The zero-order valence-electron chi connectivity index (χ0n) is 27.9. The molecule has 3 saturated carbocycles. The highest BCUT2D eigenvalue weighted by Gasteiger charge is 2.85. The molecule has 2 aromatic heterocycles. The normalized spacial score (nSPS) is 31.0. The average molecular weight is 629 g/mol. The van der Waals surface area contributed by atoms with Crippen LogP contribution < -0.4 is 0 Å². The summed E-state index contributed by atoms with van der Waals surface area (Å²) in [5.74, 6) is 6.30. The van der Waals surface area contributed by atoms with Crippen LogP contribution in [0.5, 0.6) is 0 Å². The number of carbonyl (C=O) groups excluding carboxylic acids is 2. The van der Waals surface area contributed by atoms with Crippen molar-refractivity contribution in [1.29, 1.82) is 0 Å². The Morgan fingerprint density at radius 1 is 0.702 bits per heavy atom. The van der Waals surface area contributed by atoms with Crippen molar-refractivity contribution >= 4 is 11.8 Å². The quantitative estimate of drug-likeness (QED) is 0.204. The molecule has 0 spiro atoms. The van der Waals surface area contributed by atoms with E-state index in [9.17, 15) is 9.59 Å². The Morgan fingerprint density at radius 3 is 1.74 bits per heavy atom. The lowest BCUT2D eigenvalue weighted by Crippen LogP contribution is -2.35. The standard InChI is InChI=1S/C39H44N6O2/c1-19(2)14-30(46)44-29(16-26-21(5)35(26)44)38-40-17-27(42-38)24-10-6-22(7-11-24)23-8-12-25(13-9-23)28-18-41-39(43-28)37-34-32-33(34)36(32)45(37)31(47)15-20(3)4/h6-13,17-21,26,29,32-37H,14-16H2,1-5H3,(H,40,42)(H,41,43)/t21-,26+,29+,32-,33?,34?,35-,36?,37+/m1/s1. The summed E-state index contributed by atoms with van der Waals surface area (Å²) in [5, 5.41) is 0. The molecular formula is C39H44N6O2. The van der Waals surface area contributed by atoms with Gasteiger partial charge in [0.25, 0.3) is 0 Å². The number of nitrogens with zero attached hydrogens (tertiary/aromatic N) is 4. The van der Waals surface area contributed by atoms with E-state index >= 15 is 0 Å². The minimum Gasteiger partial charge on any atom is -0.340 e. The van der Waals surface area contributed by atoms with Gasteiger partial charge in [0, 0.05) is 24.9 Å². The summed E-state index contributed by atoms with van der Waals surface area (Å²) in [6.45, 7) is 10.7. The van der Waals surface area contributed by atoms with Crippen molar-refractivity contribution in [2.45, 2.75) is 78.0 Å². The molecule has 4 aromatic rings. The van der Waals surface area contributed by atoms with E-state index in [1.807, 2.05) is 12.4 Å². The maximum atomic E-state index is 13.2. The van der Waals surface area contributed by atoms with E-state index in [4.69, 9.17) is 9.97 Å². The smallest absolute Gasteiger partial charge is 0.223 e. The van der Waals surface area contributed by atoms with Gasteiger partial charge in [0.15, 0.2) is 0 Å². The van der Waals surface area contributed by atoms with Crippen LogP contribution in [0.4, 0.5) is 0 Å². The Labute approximate surface area is 276 Å². The maximum absolute atomic E-state index is 13.2. The molecule has 3 aliphatic heterocycles. The lowest BCUT2D eigenvalue weighted by molar-refractivity contribution is -0.135. The molecule has 5 heterocycles. The van der Waals surface area contributed by atoms with E-state index in [1.54, 1.807) is 0 Å². The molecule has 8 heteroatoms. The van der Waals surface area contributed by atoms with Gasteiger partial charge in [-0.2, -0.15) is 0 Å². The largest absolute Gasteiger partial charge is 0.340 e. The fourth-order valence-corrected chi connectivity index (χ4v) is 9.21. The highest BCUT2D eigenvalue weighted by atomic mass is 16.2. The minimum atomic E-state index is 0.0427. The third kappa shape index (κ3) is 4.61. The Hall–Kier alpha value is -4.20. The molecular weight excluding hydrogens is 584 g/mol. The fourth-order valence-electron chi connectivity index (χ4n) is 9.21. The second kappa shape index (κ2) is 10.4. The third-order valence-electron chi connectivity index (χ3n) is 11.7. The number of likely N-dealkylation sites (tertiary alicyclic amines) is 1. The first-order valence-electron chi connectivity index (χ1n) is 17.6. The van der Waals surface area contributed by atoms with E-state index < -0.39 is 0 Å². The van der Waals surface area contributed by atoms with Gasteiger partial charge in [0.1, 0.15) is 11.6 Å². The number of benzene rings is 2. The molecule has 6 aliphatic rings. The highest BCUT2D eigenvalue weighted by molar-refractivity contribution is 5.80. The predicted octanol–water partition coefficient (Wildman–Crippen LogP) is 7.26. The van der Waals surface area contributed by atoms with Gasteiger partial charge in [0.2, 0.25) is 11.8 Å². The molecule has 242 valence electrons. The molecule has 8 nitrogen and oxygen atoms in total. The number of aromatic amines is 2. The van der Waals surface area contributed by atoms with Crippen LogP contribution >= 0.6 is 0 Å². The molecule has 2 aromatic carbocycles. The van der Waals surface area contributed by atoms with E-state index in [-0.39, 0.29) is 23.9 Å². The van der Waals surface area contributed by atoms with Gasteiger partial charge in [0.05, 0.1) is 35.9 Å². The SMILES string of the molecule is CC(C)CC(=O)N1C2C3C([C@@H]32)[C@H]1c1ncc(-c2ccc(-c3ccc(-c4cnc([C@@H]5C[C@H]6[C@@H](C)[C@H]6N5C(=O)CC(C)C)[nH]4)cc3)cc2)[nH]1. The molecule has 3 aliphatic carbocycles. The zero-order chi connectivity index (χ0) is 32.3. The number of hydrogen-bond donors (Lipinski definition) is 2. The number of piperidine rings is 2. The van der Waals surface area contributed by atoms with Crippen LogP contribution in [0.3, 0.4) is 0 Å². The Bertz CT molecular complexity index is 1840. The van der Waals surface area contributed by atoms with Crippen molar-refractivity contribution in [2.24, 2.45) is 41.4 Å². The molecule has 47 heavy (non-hydrogen) atoms. The van der Waals surface area contributed by atoms with Crippen molar-refractivity contribution in [3.05, 3.63) is 72.6 Å². The molecule has 6 fully saturated rings. The van der Waals surface area contributed by atoms with Crippen LogP contribution in [0.25, 0.3) is 33.6 Å². The lowest BCUT2D eigenvalue weighted by Gasteiger charge is -2.28. The summed E-state index contributed by atoms with van der Waals surface area (Å²) in [6.07, 6.45) is 6.02. The van der Waals surface area contributed by atoms with Crippen LogP contribution in [0.2, 0.25) is 0 Å². The third-order valence-corrected chi connectivity index (χ3v) is 11.7. The van der Waals surface area contributed by atoms with Crippen molar-refractivity contribution in [3.8, 4) is 33.6 Å². The topological polar surface area (TPSA) is 98.0 Å². The molecule has 9 atom stereocenters. The summed E-state index contributed by atoms with van der Waals surface area (Å²) in [7, 11) is 0. The van der Waals surface area contributed by atoms with Gasteiger partial charge >= 0.3 is 0 Å². The van der Waals surface area contributed by atoms with E-state index in [2.05, 4.69) is 103 Å². The number of nitrogens with one attached hydrogen (secondary N) is 2. The second-order valence-electron chi connectivity index (χ2n) is 15.7. The van der Waals surface area contributed by atoms with Crippen LogP contribution in [-0.2, 0) is 9.59 Å². The van der Waals surface area contributed by atoms with Crippen LogP contribution in [0.15, 0.2) is 60.9 Å². The van der Waals surface area contributed by atoms with E-state index in [0.717, 1.165) is 51.7 Å². The number of imidazole rings is 2. The van der Waals surface area contributed by atoms with Crippen molar-refractivity contribution in [2.75, 3.05) is 0 Å². The maximum Gasteiger partial charge on any atom is 0.223 e. The van der Waals surface area contributed by atoms with Crippen LogP contribution in [-0.4, -0.2) is 53.6 Å². The molecule has 3 unspecified atom stereocenters. The number of H-pyrrole nitrogens is 2. The summed E-state index contributed by atoms with van der Waals surface area (Å²) < 4.78 is 0. The number of fused-ring (bicyclic) bond motifs is 2. The number of aromatic nitrogens is 4. The van der Waals surface area contributed by atoms with Gasteiger partial charge in [-0.05, 0) is 70.1 Å². The summed E-state index contributed by atoms with van der Waals surface area (Å²) in [6, 6.07) is 18.2. The molecule has 2 N–H and O–H groups in total. The lowest BCUT2D eigenvalue weighted by atomic mass is 10.0. The molecule has 10 rings (SSSR count). The zero-order valence-corrected chi connectivity index (χ0v) is 27.9. The first-order valence-corrected chi connectivity index (χ1v) is 17.6. The second-order valence-corrected chi connectivity index (χ2v) is 15.7. The first kappa shape index (κ1) is 29.0. The monoisotopic (exact) mass is 628 g/mol. The number of amides is 2. The molecule has 3 saturated heterocycles. The van der Waals surface area contributed by atoms with Crippen molar-refractivity contribution in [3.63, 3.8) is 0 Å². The summed E-state index contributed by atoms with van der Waals surface area (Å²) >= 11 is 0. The highest BCUT2D eigenvalue weighted by Crippen LogP contribution is 2.81. The van der Waals surface area contributed by atoms with Gasteiger partial charge in [-0.3, -0.25) is 9.59 Å². The van der Waals surface area contributed by atoms with Gasteiger partial charge in [-0.25, -0.2) is 9.97 Å². The molecule has 2 amide bonds. The van der Waals surface area contributed by atoms with Gasteiger partial charge in [-0.1, -0.05) is 83.1 Å². The Balaban J connectivity index is 0.879. The minimum absolute atomic E-state index is 0.0427. The predicted molar refractivity (Wildman–Crippen MR) is 180 cm³/mol. The van der Waals surface area contributed by atoms with Crippen molar-refractivity contribution < 1.29 is 9.59 Å². The number of carbonyl (C=O) groups is 2. The Kier molecular flexibility index (Phi) is 6.41. The van der Waals surface area contributed by atoms with Gasteiger partial charge < -0.3 is 19.8 Å². The average Bonchev–Trinajstić information content (AvgIpc) is 3.73. The summed E-state index contributed by atoms with van der Waals surface area (Å²) in [4.78, 5) is 47.2.